The summed E-state index contributed by atoms with van der Waals surface area (Å²) in [5.41, 5.74) is 8.62. The number of amides is 1. The maximum atomic E-state index is 12.9. The molecule has 1 fully saturated rings. The number of anilines is 1. The van der Waals surface area contributed by atoms with Crippen molar-refractivity contribution in [3.63, 3.8) is 0 Å². The molecule has 208 valence electrons. The van der Waals surface area contributed by atoms with E-state index in [1.54, 1.807) is 6.08 Å². The number of nitrogen functional groups attached to an aromatic ring is 1. The first-order valence-corrected chi connectivity index (χ1v) is 13.6. The molecule has 0 radical (unpaired) electrons. The van der Waals surface area contributed by atoms with Crippen molar-refractivity contribution >= 4 is 22.8 Å². The molecule has 2 aromatic heterocycles. The summed E-state index contributed by atoms with van der Waals surface area (Å²) in [7, 11) is 4.08. The van der Waals surface area contributed by atoms with Crippen molar-refractivity contribution in [2.45, 2.75) is 18.9 Å². The van der Waals surface area contributed by atoms with Gasteiger partial charge in [-0.15, -0.1) is 0 Å². The van der Waals surface area contributed by atoms with Crippen LogP contribution in [0.5, 0.6) is 11.5 Å². The highest BCUT2D eigenvalue weighted by Crippen LogP contribution is 2.34. The summed E-state index contributed by atoms with van der Waals surface area (Å²) >= 11 is 0. The number of likely N-dealkylation sites (N-methyl/N-ethyl adjacent to an activating group) is 1. The van der Waals surface area contributed by atoms with Crippen LogP contribution in [0.3, 0.4) is 0 Å². The number of hydrogen-bond donors (Lipinski definition) is 2. The standard InChI is InChI=1S/C30H36N8O2/c1-36(2)19-17-32-16-6-11-26(39)37-18-7-8-23(20-37)38-30-27(29(31)33-21-34-30)28(35-38)22-12-14-25(15-13-22)40-24-9-4-3-5-10-24/h3-6,9-15,21,23,32H,7-8,16-20H2,1-2H3,(H2,31,33,34). The van der Waals surface area contributed by atoms with E-state index in [0.29, 0.717) is 35.6 Å². The maximum absolute atomic E-state index is 12.9. The molecule has 0 saturated carbocycles. The van der Waals surface area contributed by atoms with E-state index in [1.165, 1.54) is 6.33 Å². The van der Waals surface area contributed by atoms with Crippen LogP contribution in [0, 0.1) is 0 Å². The number of aromatic nitrogens is 4. The molecule has 1 aliphatic heterocycles. The maximum Gasteiger partial charge on any atom is 0.246 e. The number of carbonyl (C=O) groups is 1. The first kappa shape index (κ1) is 27.3. The lowest BCUT2D eigenvalue weighted by atomic mass is 10.1. The van der Waals surface area contributed by atoms with Gasteiger partial charge in [-0.05, 0) is 63.3 Å². The zero-order valence-corrected chi connectivity index (χ0v) is 23.0. The van der Waals surface area contributed by atoms with Gasteiger partial charge in [0.05, 0.1) is 11.4 Å². The molecule has 1 saturated heterocycles. The zero-order valence-electron chi connectivity index (χ0n) is 23.0. The third kappa shape index (κ3) is 6.47. The van der Waals surface area contributed by atoms with Crippen LogP contribution in [0.15, 0.2) is 73.1 Å². The van der Waals surface area contributed by atoms with Gasteiger partial charge in [0, 0.05) is 44.4 Å². The number of nitrogens with two attached hydrogens (primary N) is 1. The minimum Gasteiger partial charge on any atom is -0.457 e. The summed E-state index contributed by atoms with van der Waals surface area (Å²) < 4.78 is 7.87. The molecular weight excluding hydrogens is 504 g/mol. The number of nitrogens with zero attached hydrogens (tertiary/aromatic N) is 6. The van der Waals surface area contributed by atoms with Crippen molar-refractivity contribution in [2.75, 3.05) is 52.6 Å². The third-order valence-corrected chi connectivity index (χ3v) is 6.94. The Kier molecular flexibility index (Phi) is 8.68. The molecule has 0 aliphatic carbocycles. The van der Waals surface area contributed by atoms with Crippen molar-refractivity contribution in [1.29, 1.82) is 0 Å². The van der Waals surface area contributed by atoms with Crippen LogP contribution in [-0.2, 0) is 4.79 Å². The van der Waals surface area contributed by atoms with E-state index in [2.05, 4.69) is 20.2 Å². The summed E-state index contributed by atoms with van der Waals surface area (Å²) in [6, 6.07) is 17.4. The largest absolute Gasteiger partial charge is 0.457 e. The molecule has 1 atom stereocenters. The molecule has 5 rings (SSSR count). The van der Waals surface area contributed by atoms with Gasteiger partial charge in [-0.2, -0.15) is 5.10 Å². The highest BCUT2D eigenvalue weighted by Gasteiger charge is 2.28. The van der Waals surface area contributed by atoms with Crippen LogP contribution in [0.1, 0.15) is 18.9 Å². The van der Waals surface area contributed by atoms with Gasteiger partial charge in [0.1, 0.15) is 29.3 Å². The molecule has 3 N–H and O–H groups in total. The molecule has 10 nitrogen and oxygen atoms in total. The van der Waals surface area contributed by atoms with Gasteiger partial charge >= 0.3 is 0 Å². The average molecular weight is 541 g/mol. The lowest BCUT2D eigenvalue weighted by Gasteiger charge is -2.32. The minimum atomic E-state index is -0.0180. The lowest BCUT2D eigenvalue weighted by molar-refractivity contribution is -0.127. The second kappa shape index (κ2) is 12.7. The van der Waals surface area contributed by atoms with E-state index in [0.717, 1.165) is 49.5 Å². The Morgan fingerprint density at radius 3 is 2.67 bits per heavy atom. The second-order valence-electron chi connectivity index (χ2n) is 10.2. The number of fused-ring (bicyclic) bond motifs is 1. The van der Waals surface area contributed by atoms with Crippen molar-refractivity contribution in [2.24, 2.45) is 0 Å². The molecule has 40 heavy (non-hydrogen) atoms. The fourth-order valence-electron chi connectivity index (χ4n) is 4.87. The van der Waals surface area contributed by atoms with E-state index in [9.17, 15) is 4.79 Å². The predicted octanol–water partition coefficient (Wildman–Crippen LogP) is 3.74. The Morgan fingerprint density at radius 1 is 1.12 bits per heavy atom. The van der Waals surface area contributed by atoms with E-state index >= 15 is 0 Å². The van der Waals surface area contributed by atoms with Crippen LogP contribution in [0.25, 0.3) is 22.3 Å². The normalized spacial score (nSPS) is 15.8. The predicted molar refractivity (Wildman–Crippen MR) is 157 cm³/mol. The molecule has 1 amide bonds. The highest BCUT2D eigenvalue weighted by atomic mass is 16.5. The van der Waals surface area contributed by atoms with Gasteiger partial charge in [-0.25, -0.2) is 14.6 Å². The minimum absolute atomic E-state index is 0.0129. The topological polar surface area (TPSA) is 114 Å². The lowest BCUT2D eigenvalue weighted by Crippen LogP contribution is -2.40. The molecule has 3 heterocycles. The van der Waals surface area contributed by atoms with Crippen LogP contribution in [0.4, 0.5) is 5.82 Å². The Morgan fingerprint density at radius 2 is 1.90 bits per heavy atom. The number of nitrogens with one attached hydrogen (secondary N) is 1. The van der Waals surface area contributed by atoms with Gasteiger partial charge in [-0.3, -0.25) is 4.79 Å². The Balaban J connectivity index is 1.33. The number of para-hydroxylation sites is 1. The van der Waals surface area contributed by atoms with Gasteiger partial charge in [-0.1, -0.05) is 24.3 Å². The first-order chi connectivity index (χ1) is 19.5. The number of piperidine rings is 1. The molecular formula is C30H36N8O2. The number of benzene rings is 2. The fourth-order valence-corrected chi connectivity index (χ4v) is 4.87. The average Bonchev–Trinajstić information content (AvgIpc) is 3.37. The second-order valence-corrected chi connectivity index (χ2v) is 10.2. The molecule has 10 heteroatoms. The van der Waals surface area contributed by atoms with Crippen molar-refractivity contribution in [1.82, 2.24) is 34.9 Å². The third-order valence-electron chi connectivity index (χ3n) is 6.94. The Hall–Kier alpha value is -4.28. The molecule has 1 aliphatic rings. The monoisotopic (exact) mass is 540 g/mol. The van der Waals surface area contributed by atoms with Gasteiger partial charge < -0.3 is 25.6 Å². The highest BCUT2D eigenvalue weighted by molar-refractivity contribution is 5.98. The summed E-state index contributed by atoms with van der Waals surface area (Å²) in [6.07, 6.45) is 6.80. The zero-order chi connectivity index (χ0) is 27.9. The van der Waals surface area contributed by atoms with E-state index in [-0.39, 0.29) is 11.9 Å². The van der Waals surface area contributed by atoms with E-state index in [4.69, 9.17) is 15.6 Å². The van der Waals surface area contributed by atoms with Gasteiger partial charge in [0.15, 0.2) is 5.65 Å². The number of ether oxygens (including phenoxy) is 1. The fraction of sp³-hybridized carbons (Fsp3) is 0.333. The van der Waals surface area contributed by atoms with Crippen molar-refractivity contribution in [3.8, 4) is 22.8 Å². The van der Waals surface area contributed by atoms with Crippen LogP contribution >= 0.6 is 0 Å². The number of hydrogen-bond acceptors (Lipinski definition) is 8. The van der Waals surface area contributed by atoms with Crippen LogP contribution < -0.4 is 15.8 Å². The van der Waals surface area contributed by atoms with Crippen molar-refractivity contribution < 1.29 is 9.53 Å². The van der Waals surface area contributed by atoms with Crippen molar-refractivity contribution in [3.05, 3.63) is 73.1 Å². The summed E-state index contributed by atoms with van der Waals surface area (Å²) in [5.74, 6) is 1.89. The number of carbonyl (C=O) groups excluding carboxylic acids is 1. The number of likely N-dealkylation sites (tertiary alicyclic amines) is 1. The van der Waals surface area contributed by atoms with Gasteiger partial charge in [0.25, 0.3) is 0 Å². The first-order valence-electron chi connectivity index (χ1n) is 13.6. The summed E-state index contributed by atoms with van der Waals surface area (Å²) in [5, 5.41) is 9.02. The summed E-state index contributed by atoms with van der Waals surface area (Å²) in [6.45, 7) is 3.77. The molecule has 2 aromatic carbocycles. The number of rotatable bonds is 10. The molecule has 1 unspecified atom stereocenters. The van der Waals surface area contributed by atoms with Crippen LogP contribution in [0.2, 0.25) is 0 Å². The smallest absolute Gasteiger partial charge is 0.246 e. The Labute approximate surface area is 234 Å². The van der Waals surface area contributed by atoms with Crippen LogP contribution in [-0.4, -0.2) is 82.3 Å². The quantitative estimate of drug-likeness (QED) is 0.231. The van der Waals surface area contributed by atoms with E-state index < -0.39 is 0 Å². The van der Waals surface area contributed by atoms with Gasteiger partial charge in [0.2, 0.25) is 5.91 Å². The van der Waals surface area contributed by atoms with E-state index in [1.807, 2.05) is 84.4 Å². The Bertz CT molecular complexity index is 1450. The molecule has 0 bridgehead atoms. The molecule has 0 spiro atoms. The SMILES string of the molecule is CN(C)CCNCC=CC(=O)N1CCCC(n2nc(-c3ccc(Oc4ccccc4)cc3)c3c(N)ncnc32)C1. The summed E-state index contributed by atoms with van der Waals surface area (Å²) in [4.78, 5) is 25.7. The molecule has 4 aromatic rings.